The number of nitro benzene ring substituents is 1. The second-order valence-electron chi connectivity index (χ2n) is 8.61. The molecule has 1 aromatic heterocycles. The van der Waals surface area contributed by atoms with Gasteiger partial charge in [-0.25, -0.2) is 8.42 Å². The molecule has 10 heteroatoms. The van der Waals surface area contributed by atoms with Gasteiger partial charge in [-0.1, -0.05) is 42.0 Å². The standard InChI is InChI=1S/C27H27N3O6S/c1-3-36-23-11-12-24-21(17-23)16-22(27(31)28-24)18-29(14-13-20-8-6-7-19(2)15-20)37(34,35)26-10-5-4-9-25(26)30(32)33/h4-12,15-17H,3,13-14,18H2,1-2H3,(H,28,31). The van der Waals surface area contributed by atoms with Crippen LogP contribution in [0, 0.1) is 17.0 Å². The van der Waals surface area contributed by atoms with E-state index in [4.69, 9.17) is 4.74 Å². The summed E-state index contributed by atoms with van der Waals surface area (Å²) >= 11 is 0. The summed E-state index contributed by atoms with van der Waals surface area (Å²) in [5, 5.41) is 12.3. The summed E-state index contributed by atoms with van der Waals surface area (Å²) in [7, 11) is -4.33. The van der Waals surface area contributed by atoms with Crippen molar-refractivity contribution in [3.63, 3.8) is 0 Å². The molecule has 0 aliphatic heterocycles. The quantitative estimate of drug-likeness (QED) is 0.241. The van der Waals surface area contributed by atoms with Crippen LogP contribution in [0.25, 0.3) is 10.9 Å². The Morgan fingerprint density at radius 2 is 1.81 bits per heavy atom. The van der Waals surface area contributed by atoms with Crippen LogP contribution in [0.15, 0.2) is 82.5 Å². The van der Waals surface area contributed by atoms with Gasteiger partial charge < -0.3 is 9.72 Å². The van der Waals surface area contributed by atoms with E-state index in [9.17, 15) is 23.3 Å². The number of fused-ring (bicyclic) bond motifs is 1. The maximum absolute atomic E-state index is 13.8. The molecule has 0 spiro atoms. The number of ether oxygens (including phenoxy) is 1. The summed E-state index contributed by atoms with van der Waals surface area (Å²) in [6.07, 6.45) is 0.363. The molecule has 3 aromatic carbocycles. The Balaban J connectivity index is 1.76. The number of pyridine rings is 1. The van der Waals surface area contributed by atoms with Crippen LogP contribution in [-0.2, 0) is 23.0 Å². The second kappa shape index (κ2) is 10.9. The number of hydrogen-bond donors (Lipinski definition) is 1. The molecule has 9 nitrogen and oxygen atoms in total. The molecule has 0 radical (unpaired) electrons. The van der Waals surface area contributed by atoms with Crippen molar-refractivity contribution in [3.05, 3.63) is 110 Å². The third-order valence-electron chi connectivity index (χ3n) is 5.96. The zero-order chi connectivity index (χ0) is 26.6. The van der Waals surface area contributed by atoms with Crippen molar-refractivity contribution in [1.82, 2.24) is 9.29 Å². The molecule has 0 aliphatic carbocycles. The van der Waals surface area contributed by atoms with Crippen molar-refractivity contribution >= 4 is 26.6 Å². The lowest BCUT2D eigenvalue weighted by atomic mass is 10.1. The number of rotatable bonds is 10. The number of nitrogens with one attached hydrogen (secondary N) is 1. The Kier molecular flexibility index (Phi) is 7.70. The molecular formula is C27H27N3O6S. The Labute approximate surface area is 214 Å². The number of aromatic amines is 1. The van der Waals surface area contributed by atoms with Gasteiger partial charge in [0.05, 0.1) is 11.5 Å². The first-order chi connectivity index (χ1) is 17.7. The minimum atomic E-state index is -4.33. The number of aryl methyl sites for hydroxylation is 1. The monoisotopic (exact) mass is 521 g/mol. The third kappa shape index (κ3) is 5.87. The van der Waals surface area contributed by atoms with Gasteiger partial charge >= 0.3 is 0 Å². The van der Waals surface area contributed by atoms with Gasteiger partial charge in [0.2, 0.25) is 10.0 Å². The zero-order valence-electron chi connectivity index (χ0n) is 20.5. The number of sulfonamides is 1. The van der Waals surface area contributed by atoms with Crippen molar-refractivity contribution < 1.29 is 18.1 Å². The Morgan fingerprint density at radius 3 is 2.54 bits per heavy atom. The molecule has 0 amide bonds. The van der Waals surface area contributed by atoms with Gasteiger partial charge in [-0.2, -0.15) is 4.31 Å². The molecule has 4 aromatic rings. The number of benzene rings is 3. The number of H-pyrrole nitrogens is 1. The Morgan fingerprint density at radius 1 is 1.03 bits per heavy atom. The fourth-order valence-electron chi connectivity index (χ4n) is 4.16. The van der Waals surface area contributed by atoms with Crippen LogP contribution in [0.3, 0.4) is 0 Å². The number of aromatic nitrogens is 1. The highest BCUT2D eigenvalue weighted by molar-refractivity contribution is 7.89. The van der Waals surface area contributed by atoms with Crippen LogP contribution in [-0.4, -0.2) is 35.8 Å². The molecule has 0 atom stereocenters. The molecule has 0 fully saturated rings. The highest BCUT2D eigenvalue weighted by Gasteiger charge is 2.32. The summed E-state index contributed by atoms with van der Waals surface area (Å²) < 4.78 is 34.2. The topological polar surface area (TPSA) is 123 Å². The minimum Gasteiger partial charge on any atom is -0.494 e. The average Bonchev–Trinajstić information content (AvgIpc) is 2.87. The highest BCUT2D eigenvalue weighted by atomic mass is 32.2. The van der Waals surface area contributed by atoms with Crippen LogP contribution in [0.2, 0.25) is 0 Å². The molecule has 4 rings (SSSR count). The van der Waals surface area contributed by atoms with Crippen LogP contribution < -0.4 is 10.3 Å². The van der Waals surface area contributed by atoms with Crippen molar-refractivity contribution in [1.29, 1.82) is 0 Å². The second-order valence-corrected chi connectivity index (χ2v) is 10.5. The number of nitrogens with zero attached hydrogens (tertiary/aromatic N) is 2. The predicted octanol–water partition coefficient (Wildman–Crippen LogP) is 4.58. The lowest BCUT2D eigenvalue weighted by molar-refractivity contribution is -0.387. The van der Waals surface area contributed by atoms with Gasteiger partial charge in [-0.05, 0) is 56.2 Å². The van der Waals surface area contributed by atoms with Gasteiger partial charge in [-0.3, -0.25) is 14.9 Å². The van der Waals surface area contributed by atoms with Crippen LogP contribution in [0.1, 0.15) is 23.6 Å². The molecule has 0 bridgehead atoms. The van der Waals surface area contributed by atoms with E-state index in [2.05, 4.69) is 4.98 Å². The maximum atomic E-state index is 13.8. The third-order valence-corrected chi connectivity index (χ3v) is 7.86. The Hall–Kier alpha value is -4.02. The van der Waals surface area contributed by atoms with Gasteiger partial charge in [0.1, 0.15) is 5.75 Å². The van der Waals surface area contributed by atoms with Crippen LogP contribution in [0.4, 0.5) is 5.69 Å². The SMILES string of the molecule is CCOc1ccc2[nH]c(=O)c(CN(CCc3cccc(C)c3)S(=O)(=O)c3ccccc3[N+](=O)[O-])cc2c1. The molecule has 1 heterocycles. The molecule has 0 unspecified atom stereocenters. The van der Waals surface area contributed by atoms with Crippen LogP contribution in [0.5, 0.6) is 5.75 Å². The van der Waals surface area contributed by atoms with Crippen molar-refractivity contribution in [2.45, 2.75) is 31.7 Å². The molecule has 192 valence electrons. The molecule has 0 aliphatic rings. The summed E-state index contributed by atoms with van der Waals surface area (Å²) in [5.41, 5.74) is 1.79. The zero-order valence-corrected chi connectivity index (χ0v) is 21.3. The van der Waals surface area contributed by atoms with E-state index >= 15 is 0 Å². The fourth-order valence-corrected chi connectivity index (χ4v) is 5.74. The first-order valence-corrected chi connectivity index (χ1v) is 13.2. The number of nitro groups is 1. The van der Waals surface area contributed by atoms with Gasteiger partial charge in [0.25, 0.3) is 11.2 Å². The van der Waals surface area contributed by atoms with E-state index in [1.807, 2.05) is 38.1 Å². The highest BCUT2D eigenvalue weighted by Crippen LogP contribution is 2.28. The smallest absolute Gasteiger partial charge is 0.289 e. The Bertz CT molecular complexity index is 1610. The first kappa shape index (κ1) is 26.1. The lowest BCUT2D eigenvalue weighted by Gasteiger charge is -2.22. The average molecular weight is 522 g/mol. The summed E-state index contributed by atoms with van der Waals surface area (Å²) in [6, 6.07) is 19.8. The van der Waals surface area contributed by atoms with Gasteiger partial charge in [0, 0.05) is 35.6 Å². The summed E-state index contributed by atoms with van der Waals surface area (Å²) in [6.45, 7) is 4.04. The summed E-state index contributed by atoms with van der Waals surface area (Å²) in [5.74, 6) is 0.622. The maximum Gasteiger partial charge on any atom is 0.289 e. The van der Waals surface area contributed by atoms with Crippen molar-refractivity contribution in [3.8, 4) is 5.75 Å². The minimum absolute atomic E-state index is 0.0221. The van der Waals surface area contributed by atoms with Gasteiger partial charge in [0.15, 0.2) is 4.90 Å². The van der Waals surface area contributed by atoms with E-state index in [1.54, 1.807) is 24.3 Å². The number of hydrogen-bond acceptors (Lipinski definition) is 6. The van der Waals surface area contributed by atoms with E-state index in [0.717, 1.165) is 21.5 Å². The van der Waals surface area contributed by atoms with E-state index in [1.165, 1.54) is 18.2 Å². The summed E-state index contributed by atoms with van der Waals surface area (Å²) in [4.78, 5) is 26.2. The number of para-hydroxylation sites is 1. The largest absolute Gasteiger partial charge is 0.494 e. The molecule has 1 N–H and O–H groups in total. The van der Waals surface area contributed by atoms with E-state index in [0.29, 0.717) is 29.7 Å². The molecule has 0 saturated heterocycles. The predicted molar refractivity (Wildman–Crippen MR) is 141 cm³/mol. The van der Waals surface area contributed by atoms with E-state index < -0.39 is 31.1 Å². The molecular weight excluding hydrogens is 494 g/mol. The molecule has 37 heavy (non-hydrogen) atoms. The van der Waals surface area contributed by atoms with E-state index in [-0.39, 0.29) is 18.7 Å². The first-order valence-electron chi connectivity index (χ1n) is 11.8. The van der Waals surface area contributed by atoms with Crippen molar-refractivity contribution in [2.24, 2.45) is 0 Å². The normalized spacial score (nSPS) is 11.6. The lowest BCUT2D eigenvalue weighted by Crippen LogP contribution is -2.35. The fraction of sp³-hybridized carbons (Fsp3) is 0.222. The van der Waals surface area contributed by atoms with Crippen molar-refractivity contribution in [2.75, 3.05) is 13.2 Å². The molecule has 0 saturated carbocycles. The van der Waals surface area contributed by atoms with Crippen LogP contribution >= 0.6 is 0 Å². The van der Waals surface area contributed by atoms with Gasteiger partial charge in [-0.15, -0.1) is 0 Å².